The zero-order valence-electron chi connectivity index (χ0n) is 23.9. The summed E-state index contributed by atoms with van der Waals surface area (Å²) in [5.41, 5.74) is 8.97. The summed E-state index contributed by atoms with van der Waals surface area (Å²) < 4.78 is 15.1. The van der Waals surface area contributed by atoms with Crippen LogP contribution in [-0.4, -0.2) is 14.5 Å². The van der Waals surface area contributed by atoms with Crippen LogP contribution >= 0.6 is 0 Å². The van der Waals surface area contributed by atoms with E-state index < -0.39 is 0 Å². The van der Waals surface area contributed by atoms with Crippen LogP contribution in [0.5, 0.6) is 0 Å². The molecule has 0 unspecified atom stereocenters. The lowest BCUT2D eigenvalue weighted by molar-refractivity contribution is 0.624. The lowest BCUT2D eigenvalue weighted by Crippen LogP contribution is -2.02. The molecule has 5 nitrogen and oxygen atoms in total. The van der Waals surface area contributed by atoms with E-state index in [-0.39, 0.29) is 0 Å². The maximum Gasteiger partial charge on any atom is 0.238 e. The minimum absolute atomic E-state index is 0.522. The topological polar surface area (TPSA) is 57.0 Å². The Kier molecular flexibility index (Phi) is 4.93. The molecule has 0 saturated heterocycles. The van der Waals surface area contributed by atoms with E-state index in [0.717, 1.165) is 65.8 Å². The summed E-state index contributed by atoms with van der Waals surface area (Å²) in [7, 11) is 0. The number of rotatable bonds is 3. The Morgan fingerprint density at radius 3 is 1.96 bits per heavy atom. The quantitative estimate of drug-likeness (QED) is 0.210. The first kappa shape index (κ1) is 24.3. The Morgan fingerprint density at radius 2 is 1.11 bits per heavy atom. The molecule has 5 heteroatoms. The molecule has 0 saturated carbocycles. The number of aromatic nitrogens is 3. The third kappa shape index (κ3) is 3.49. The number of hydrogen-bond donors (Lipinski definition) is 0. The number of hydrogen-bond acceptors (Lipinski definition) is 4. The Balaban J connectivity index is 1.30. The van der Waals surface area contributed by atoms with Crippen LogP contribution < -0.4 is 0 Å². The third-order valence-electron chi connectivity index (χ3n) is 8.86. The molecule has 4 aromatic heterocycles. The van der Waals surface area contributed by atoms with Gasteiger partial charge in [0.2, 0.25) is 11.7 Å². The first-order valence-corrected chi connectivity index (χ1v) is 15.0. The number of para-hydroxylation sites is 2. The van der Waals surface area contributed by atoms with Crippen molar-refractivity contribution < 1.29 is 8.83 Å². The van der Waals surface area contributed by atoms with Crippen molar-refractivity contribution in [2.75, 3.05) is 0 Å². The van der Waals surface area contributed by atoms with Gasteiger partial charge >= 0.3 is 0 Å². The fourth-order valence-electron chi connectivity index (χ4n) is 6.81. The van der Waals surface area contributed by atoms with Gasteiger partial charge in [-0.25, -0.2) is 4.98 Å². The Morgan fingerprint density at radius 1 is 0.444 bits per heavy atom. The lowest BCUT2D eigenvalue weighted by Gasteiger charge is -2.10. The van der Waals surface area contributed by atoms with Crippen molar-refractivity contribution >= 4 is 65.8 Å². The SMILES string of the molecule is c1ccc(-c2ccc3c(c2)c2ccccc2n3-c2nc(-c3ccccc3)c3c(n2)oc2c3ccc3c4ccccc4oc32)cc1. The minimum Gasteiger partial charge on any atom is -0.452 e. The second kappa shape index (κ2) is 9.15. The Hall–Kier alpha value is -6.20. The summed E-state index contributed by atoms with van der Waals surface area (Å²) in [4.78, 5) is 10.4. The molecular weight excluding hydrogens is 554 g/mol. The van der Waals surface area contributed by atoms with Crippen molar-refractivity contribution in [3.63, 3.8) is 0 Å². The molecule has 10 rings (SSSR count). The first-order valence-electron chi connectivity index (χ1n) is 15.0. The molecule has 0 aliphatic rings. The standard InChI is InChI=1S/C40H23N3O2/c1-3-11-24(12-4-1)26-19-22-33-31(23-26)27-15-7-9-17-32(27)43(33)40-41-36(25-13-5-2-6-14-25)35-30-21-20-29-28-16-8-10-18-34(28)44-37(29)38(30)45-39(35)42-40/h1-23H. The van der Waals surface area contributed by atoms with Crippen molar-refractivity contribution in [1.29, 1.82) is 0 Å². The van der Waals surface area contributed by atoms with Crippen molar-refractivity contribution in [2.45, 2.75) is 0 Å². The summed E-state index contributed by atoms with van der Waals surface area (Å²) in [6.45, 7) is 0. The predicted molar refractivity (Wildman–Crippen MR) is 182 cm³/mol. The first-order chi connectivity index (χ1) is 22.3. The molecule has 0 atom stereocenters. The van der Waals surface area contributed by atoms with E-state index in [2.05, 4.69) is 102 Å². The van der Waals surface area contributed by atoms with Crippen LogP contribution in [0.3, 0.4) is 0 Å². The Bertz CT molecular complexity index is 2750. The van der Waals surface area contributed by atoms with E-state index in [1.165, 1.54) is 11.1 Å². The molecule has 0 bridgehead atoms. The molecule has 0 aliphatic heterocycles. The molecule has 0 radical (unpaired) electrons. The van der Waals surface area contributed by atoms with Gasteiger partial charge in [0.25, 0.3) is 0 Å². The molecule has 0 amide bonds. The van der Waals surface area contributed by atoms with Crippen LogP contribution in [0.2, 0.25) is 0 Å². The van der Waals surface area contributed by atoms with Gasteiger partial charge in [0.05, 0.1) is 22.1 Å². The van der Waals surface area contributed by atoms with Gasteiger partial charge in [-0.2, -0.15) is 4.98 Å². The molecule has 210 valence electrons. The zero-order chi connectivity index (χ0) is 29.5. The second-order valence-corrected chi connectivity index (χ2v) is 11.4. The third-order valence-corrected chi connectivity index (χ3v) is 8.86. The molecule has 45 heavy (non-hydrogen) atoms. The largest absolute Gasteiger partial charge is 0.452 e. The van der Waals surface area contributed by atoms with Crippen LogP contribution in [-0.2, 0) is 0 Å². The van der Waals surface area contributed by atoms with Crippen LogP contribution in [0.15, 0.2) is 148 Å². The van der Waals surface area contributed by atoms with E-state index in [0.29, 0.717) is 17.2 Å². The minimum atomic E-state index is 0.522. The van der Waals surface area contributed by atoms with Crippen LogP contribution in [0, 0.1) is 0 Å². The van der Waals surface area contributed by atoms with Crippen molar-refractivity contribution in [3.8, 4) is 28.3 Å². The highest BCUT2D eigenvalue weighted by atomic mass is 16.4. The van der Waals surface area contributed by atoms with Gasteiger partial charge in [-0.15, -0.1) is 0 Å². The highest BCUT2D eigenvalue weighted by molar-refractivity contribution is 6.20. The van der Waals surface area contributed by atoms with Gasteiger partial charge < -0.3 is 8.83 Å². The molecule has 0 spiro atoms. The van der Waals surface area contributed by atoms with Gasteiger partial charge in [0.15, 0.2) is 11.2 Å². The molecule has 4 heterocycles. The molecule has 0 aliphatic carbocycles. The molecular formula is C40H23N3O2. The number of nitrogens with zero attached hydrogens (tertiary/aromatic N) is 3. The van der Waals surface area contributed by atoms with E-state index in [1.54, 1.807) is 0 Å². The van der Waals surface area contributed by atoms with Crippen LogP contribution in [0.1, 0.15) is 0 Å². The van der Waals surface area contributed by atoms with E-state index in [1.807, 2.05) is 42.5 Å². The summed E-state index contributed by atoms with van der Waals surface area (Å²) >= 11 is 0. The smallest absolute Gasteiger partial charge is 0.238 e. The van der Waals surface area contributed by atoms with Crippen LogP contribution in [0.25, 0.3) is 94.1 Å². The van der Waals surface area contributed by atoms with Gasteiger partial charge in [-0.3, -0.25) is 4.57 Å². The zero-order valence-corrected chi connectivity index (χ0v) is 23.9. The van der Waals surface area contributed by atoms with Crippen LogP contribution in [0.4, 0.5) is 0 Å². The normalized spacial score (nSPS) is 12.0. The molecule has 6 aromatic carbocycles. The highest BCUT2D eigenvalue weighted by Crippen LogP contribution is 2.42. The van der Waals surface area contributed by atoms with Crippen molar-refractivity contribution in [1.82, 2.24) is 14.5 Å². The fourth-order valence-corrected chi connectivity index (χ4v) is 6.81. The van der Waals surface area contributed by atoms with Gasteiger partial charge in [-0.1, -0.05) is 103 Å². The van der Waals surface area contributed by atoms with Gasteiger partial charge in [0.1, 0.15) is 5.58 Å². The average molecular weight is 578 g/mol. The molecule has 10 aromatic rings. The van der Waals surface area contributed by atoms with Crippen molar-refractivity contribution in [3.05, 3.63) is 140 Å². The maximum atomic E-state index is 6.64. The summed E-state index contributed by atoms with van der Waals surface area (Å²) in [5, 5.41) is 6.16. The van der Waals surface area contributed by atoms with Gasteiger partial charge in [0, 0.05) is 32.5 Å². The van der Waals surface area contributed by atoms with Crippen molar-refractivity contribution in [2.24, 2.45) is 0 Å². The lowest BCUT2D eigenvalue weighted by atomic mass is 10.0. The van der Waals surface area contributed by atoms with Gasteiger partial charge in [-0.05, 0) is 47.5 Å². The Labute approximate surface area is 256 Å². The number of benzene rings is 6. The maximum absolute atomic E-state index is 6.64. The molecule has 0 N–H and O–H groups in total. The summed E-state index contributed by atoms with van der Waals surface area (Å²) in [5.74, 6) is 0.555. The summed E-state index contributed by atoms with van der Waals surface area (Å²) in [6, 6.07) is 48.1. The summed E-state index contributed by atoms with van der Waals surface area (Å²) in [6.07, 6.45) is 0. The highest BCUT2D eigenvalue weighted by Gasteiger charge is 2.23. The monoisotopic (exact) mass is 577 g/mol. The second-order valence-electron chi connectivity index (χ2n) is 11.4. The molecule has 0 fully saturated rings. The number of fused-ring (bicyclic) bond motifs is 10. The van der Waals surface area contributed by atoms with E-state index in [4.69, 9.17) is 18.8 Å². The average Bonchev–Trinajstić information content (AvgIpc) is 3.78. The fraction of sp³-hybridized carbons (Fsp3) is 0. The van der Waals surface area contributed by atoms with E-state index in [9.17, 15) is 0 Å². The number of furan rings is 2. The predicted octanol–water partition coefficient (Wildman–Crippen LogP) is 10.7. The van der Waals surface area contributed by atoms with E-state index >= 15 is 0 Å².